The van der Waals surface area contributed by atoms with E-state index in [1.807, 2.05) is 37.3 Å². The second-order valence-corrected chi connectivity index (χ2v) is 5.26. The van der Waals surface area contributed by atoms with Crippen molar-refractivity contribution in [2.45, 2.75) is 13.5 Å². The van der Waals surface area contributed by atoms with E-state index in [9.17, 15) is 4.79 Å². The van der Waals surface area contributed by atoms with Gasteiger partial charge >= 0.3 is 0 Å². The molecule has 1 heterocycles. The fraction of sp³-hybridized carbons (Fsp3) is 0.214. The summed E-state index contributed by atoms with van der Waals surface area (Å²) in [5, 5.41) is 0. The van der Waals surface area contributed by atoms with Gasteiger partial charge in [0.1, 0.15) is 5.76 Å². The minimum atomic E-state index is 0.0134. The molecule has 1 aromatic heterocycles. The van der Waals surface area contributed by atoms with Crippen molar-refractivity contribution in [1.82, 2.24) is 4.90 Å². The first-order valence-electron chi connectivity index (χ1n) is 5.62. The van der Waals surface area contributed by atoms with Gasteiger partial charge in [-0.25, -0.2) is 0 Å². The van der Waals surface area contributed by atoms with Gasteiger partial charge in [-0.15, -0.1) is 0 Å². The Kier molecular flexibility index (Phi) is 4.06. The number of benzene rings is 1. The molecule has 0 atom stereocenters. The second kappa shape index (κ2) is 5.56. The topological polar surface area (TPSA) is 33.5 Å². The van der Waals surface area contributed by atoms with Crippen molar-refractivity contribution in [3.8, 4) is 0 Å². The average Bonchev–Trinajstić information content (AvgIpc) is 2.84. The highest BCUT2D eigenvalue weighted by molar-refractivity contribution is 14.1. The Morgan fingerprint density at radius 1 is 1.33 bits per heavy atom. The molecule has 4 heteroatoms. The molecule has 0 N–H and O–H groups in total. The predicted octanol–water partition coefficient (Wildman–Crippen LogP) is 3.46. The van der Waals surface area contributed by atoms with Crippen molar-refractivity contribution >= 4 is 28.5 Å². The molecule has 1 aromatic carbocycles. The molecule has 1 amide bonds. The van der Waals surface area contributed by atoms with Crippen LogP contribution in [-0.4, -0.2) is 17.9 Å². The largest absolute Gasteiger partial charge is 0.467 e. The molecule has 2 aromatic rings. The number of aryl methyl sites for hydroxylation is 1. The molecule has 0 saturated heterocycles. The molecule has 0 saturated carbocycles. The highest BCUT2D eigenvalue weighted by atomic mass is 127. The lowest BCUT2D eigenvalue weighted by Gasteiger charge is -2.17. The minimum absolute atomic E-state index is 0.0134. The Morgan fingerprint density at radius 2 is 2.11 bits per heavy atom. The van der Waals surface area contributed by atoms with E-state index in [1.165, 1.54) is 0 Å². The summed E-state index contributed by atoms with van der Waals surface area (Å²) < 4.78 is 6.25. The maximum Gasteiger partial charge on any atom is 0.255 e. The summed E-state index contributed by atoms with van der Waals surface area (Å²) in [5.41, 5.74) is 1.86. The first kappa shape index (κ1) is 13.1. The molecule has 0 fully saturated rings. The zero-order valence-electron chi connectivity index (χ0n) is 10.3. The highest BCUT2D eigenvalue weighted by Gasteiger charge is 2.16. The number of rotatable bonds is 3. The monoisotopic (exact) mass is 355 g/mol. The molecule has 0 spiro atoms. The Labute approximate surface area is 120 Å². The fourth-order valence-electron chi connectivity index (χ4n) is 1.73. The molecule has 0 aliphatic heterocycles. The van der Waals surface area contributed by atoms with Crippen molar-refractivity contribution in [1.29, 1.82) is 0 Å². The number of carbonyl (C=O) groups is 1. The van der Waals surface area contributed by atoms with Gasteiger partial charge < -0.3 is 9.32 Å². The number of halogens is 1. The van der Waals surface area contributed by atoms with Crippen LogP contribution in [0.5, 0.6) is 0 Å². The first-order chi connectivity index (χ1) is 8.59. The van der Waals surface area contributed by atoms with Gasteiger partial charge in [0.2, 0.25) is 0 Å². The lowest BCUT2D eigenvalue weighted by Crippen LogP contribution is -2.26. The molecular formula is C14H14INO2. The van der Waals surface area contributed by atoms with Crippen molar-refractivity contribution in [3.05, 3.63) is 57.1 Å². The summed E-state index contributed by atoms with van der Waals surface area (Å²) >= 11 is 2.21. The van der Waals surface area contributed by atoms with Crippen LogP contribution in [0, 0.1) is 10.5 Å². The van der Waals surface area contributed by atoms with Crippen LogP contribution in [-0.2, 0) is 6.54 Å². The lowest BCUT2D eigenvalue weighted by atomic mass is 10.1. The van der Waals surface area contributed by atoms with Crippen LogP contribution in [0.4, 0.5) is 0 Å². The van der Waals surface area contributed by atoms with Crippen molar-refractivity contribution in [2.24, 2.45) is 0 Å². The summed E-state index contributed by atoms with van der Waals surface area (Å²) in [7, 11) is 1.78. The van der Waals surface area contributed by atoms with Crippen LogP contribution in [0.15, 0.2) is 41.0 Å². The van der Waals surface area contributed by atoms with Gasteiger partial charge in [-0.2, -0.15) is 0 Å². The van der Waals surface area contributed by atoms with Crippen LogP contribution < -0.4 is 0 Å². The molecule has 2 rings (SSSR count). The number of hydrogen-bond donors (Lipinski definition) is 0. The number of nitrogens with zero attached hydrogens (tertiary/aromatic N) is 1. The molecule has 94 valence electrons. The second-order valence-electron chi connectivity index (χ2n) is 4.18. The van der Waals surface area contributed by atoms with Crippen LogP contribution in [0.25, 0.3) is 0 Å². The lowest BCUT2D eigenvalue weighted by molar-refractivity contribution is 0.0774. The van der Waals surface area contributed by atoms with Crippen LogP contribution in [0.1, 0.15) is 21.7 Å². The van der Waals surface area contributed by atoms with Gasteiger partial charge in [-0.1, -0.05) is 12.1 Å². The van der Waals surface area contributed by atoms with E-state index in [1.54, 1.807) is 18.2 Å². The van der Waals surface area contributed by atoms with Gasteiger partial charge in [0.05, 0.1) is 18.4 Å². The average molecular weight is 355 g/mol. The van der Waals surface area contributed by atoms with E-state index in [0.29, 0.717) is 6.54 Å². The summed E-state index contributed by atoms with van der Waals surface area (Å²) in [5.74, 6) is 0.799. The van der Waals surface area contributed by atoms with E-state index in [2.05, 4.69) is 22.6 Å². The summed E-state index contributed by atoms with van der Waals surface area (Å²) in [6, 6.07) is 9.46. The van der Waals surface area contributed by atoms with Gasteiger partial charge in [-0.05, 0) is 53.3 Å². The van der Waals surface area contributed by atoms with E-state index in [4.69, 9.17) is 4.42 Å². The van der Waals surface area contributed by atoms with Gasteiger partial charge in [0, 0.05) is 10.6 Å². The third-order valence-electron chi connectivity index (χ3n) is 2.74. The molecule has 0 unspecified atom stereocenters. The quantitative estimate of drug-likeness (QED) is 0.790. The van der Waals surface area contributed by atoms with E-state index in [0.717, 1.165) is 20.5 Å². The summed E-state index contributed by atoms with van der Waals surface area (Å²) in [6.45, 7) is 2.49. The normalized spacial score (nSPS) is 10.4. The van der Waals surface area contributed by atoms with E-state index >= 15 is 0 Å². The number of carbonyl (C=O) groups excluding carboxylic acids is 1. The number of amides is 1. The summed E-state index contributed by atoms with van der Waals surface area (Å²) in [4.78, 5) is 14.0. The fourth-order valence-corrected chi connectivity index (χ4v) is 2.32. The standard InChI is InChI=1S/C14H14INO2/c1-10-5-3-7-12(13(10)15)14(17)16(2)9-11-6-4-8-18-11/h3-8H,9H2,1-2H3. The van der Waals surface area contributed by atoms with Crippen LogP contribution >= 0.6 is 22.6 Å². The minimum Gasteiger partial charge on any atom is -0.467 e. The number of hydrogen-bond acceptors (Lipinski definition) is 2. The molecule has 0 bridgehead atoms. The van der Waals surface area contributed by atoms with Crippen molar-refractivity contribution in [2.75, 3.05) is 7.05 Å². The van der Waals surface area contributed by atoms with Gasteiger partial charge in [-0.3, -0.25) is 4.79 Å². The van der Waals surface area contributed by atoms with Crippen molar-refractivity contribution < 1.29 is 9.21 Å². The molecular weight excluding hydrogens is 341 g/mol. The van der Waals surface area contributed by atoms with Gasteiger partial charge in [0.25, 0.3) is 5.91 Å². The summed E-state index contributed by atoms with van der Waals surface area (Å²) in [6.07, 6.45) is 1.62. The van der Waals surface area contributed by atoms with Crippen LogP contribution in [0.2, 0.25) is 0 Å². The van der Waals surface area contributed by atoms with E-state index < -0.39 is 0 Å². The zero-order valence-corrected chi connectivity index (χ0v) is 12.5. The molecule has 3 nitrogen and oxygen atoms in total. The smallest absolute Gasteiger partial charge is 0.255 e. The zero-order chi connectivity index (χ0) is 13.1. The molecule has 0 aliphatic rings. The SMILES string of the molecule is Cc1cccc(C(=O)N(C)Cc2ccco2)c1I. The third-order valence-corrected chi connectivity index (χ3v) is 4.17. The Hall–Kier alpha value is -1.30. The van der Waals surface area contributed by atoms with E-state index in [-0.39, 0.29) is 5.91 Å². The Balaban J connectivity index is 2.18. The van der Waals surface area contributed by atoms with Crippen molar-refractivity contribution in [3.63, 3.8) is 0 Å². The molecule has 0 aliphatic carbocycles. The number of furan rings is 1. The van der Waals surface area contributed by atoms with Gasteiger partial charge in [0.15, 0.2) is 0 Å². The Bertz CT molecular complexity index is 549. The third kappa shape index (κ3) is 2.75. The highest BCUT2D eigenvalue weighted by Crippen LogP contribution is 2.18. The first-order valence-corrected chi connectivity index (χ1v) is 6.70. The molecule has 18 heavy (non-hydrogen) atoms. The molecule has 0 radical (unpaired) electrons. The Morgan fingerprint density at radius 3 is 2.78 bits per heavy atom. The maximum absolute atomic E-state index is 12.3. The maximum atomic E-state index is 12.3. The predicted molar refractivity (Wildman–Crippen MR) is 78.4 cm³/mol. The van der Waals surface area contributed by atoms with Crippen LogP contribution in [0.3, 0.4) is 0 Å².